The highest BCUT2D eigenvalue weighted by Crippen LogP contribution is 2.29. The Balaban J connectivity index is 1.92. The minimum Gasteiger partial charge on any atom is -0.346 e. The smallest absolute Gasteiger partial charge is 0.137 e. The predicted octanol–water partition coefficient (Wildman–Crippen LogP) is 2.93. The Kier molecular flexibility index (Phi) is 2.91. The third-order valence-corrected chi connectivity index (χ3v) is 4.17. The normalized spacial score (nSPS) is 19.5. The fourth-order valence-corrected chi connectivity index (χ4v) is 3.15. The molecule has 17 heavy (non-hydrogen) atoms. The Labute approximate surface area is 105 Å². The lowest BCUT2D eigenvalue weighted by molar-refractivity contribution is 0.387. The number of aromatic amines is 1. The highest BCUT2D eigenvalue weighted by molar-refractivity contribution is 8.03. The summed E-state index contributed by atoms with van der Waals surface area (Å²) in [6.45, 7) is 4.41. The molecule has 3 heterocycles. The molecule has 3 rings (SSSR count). The van der Waals surface area contributed by atoms with E-state index in [2.05, 4.69) is 33.9 Å². The van der Waals surface area contributed by atoms with Crippen molar-refractivity contribution in [3.05, 3.63) is 35.0 Å². The van der Waals surface area contributed by atoms with Crippen LogP contribution in [0, 0.1) is 0 Å². The number of aromatic nitrogens is 2. The van der Waals surface area contributed by atoms with Crippen LogP contribution in [0.2, 0.25) is 0 Å². The number of fused-ring (bicyclic) bond motifs is 1. The van der Waals surface area contributed by atoms with Crippen LogP contribution in [0.4, 0.5) is 0 Å². The molecule has 0 aromatic carbocycles. The third-order valence-electron chi connectivity index (χ3n) is 3.06. The van der Waals surface area contributed by atoms with Gasteiger partial charge < -0.3 is 4.98 Å². The number of hydrogen-bond donors (Lipinski definition) is 1. The van der Waals surface area contributed by atoms with Crippen molar-refractivity contribution in [1.29, 1.82) is 0 Å². The maximum Gasteiger partial charge on any atom is 0.137 e. The van der Waals surface area contributed by atoms with Crippen LogP contribution >= 0.6 is 11.8 Å². The fraction of sp³-hybridized carbons (Fsp3) is 0.308. The first-order chi connectivity index (χ1) is 8.36. The lowest BCUT2D eigenvalue weighted by Gasteiger charge is -2.07. The van der Waals surface area contributed by atoms with Gasteiger partial charge in [0.25, 0.3) is 0 Å². The van der Waals surface area contributed by atoms with Gasteiger partial charge in [0.05, 0.1) is 0 Å². The maximum absolute atomic E-state index is 4.31. The van der Waals surface area contributed by atoms with E-state index in [1.54, 1.807) is 0 Å². The largest absolute Gasteiger partial charge is 0.346 e. The summed E-state index contributed by atoms with van der Waals surface area (Å²) in [4.78, 5) is 11.4. The molecule has 0 spiro atoms. The number of H-pyrrole nitrogens is 1. The Morgan fingerprint density at radius 2 is 2.53 bits per heavy atom. The van der Waals surface area contributed by atoms with E-state index >= 15 is 0 Å². The first-order valence-electron chi connectivity index (χ1n) is 5.84. The number of likely N-dealkylation sites (N-methyl/N-ethyl adjacent to an activating group) is 1. The molecule has 1 aliphatic rings. The van der Waals surface area contributed by atoms with E-state index < -0.39 is 0 Å². The molecule has 1 aliphatic heterocycles. The summed E-state index contributed by atoms with van der Waals surface area (Å²) in [7, 11) is 0. The van der Waals surface area contributed by atoms with Gasteiger partial charge in [-0.15, -0.1) is 11.8 Å². The van der Waals surface area contributed by atoms with E-state index in [4.69, 9.17) is 0 Å². The van der Waals surface area contributed by atoms with Gasteiger partial charge >= 0.3 is 0 Å². The molecule has 0 amide bonds. The SMILES string of the molecule is CCN1CS/C(=C\c2c[nH]c3ncccc23)C1. The van der Waals surface area contributed by atoms with Crippen molar-refractivity contribution < 1.29 is 0 Å². The van der Waals surface area contributed by atoms with Crippen molar-refractivity contribution in [3.63, 3.8) is 0 Å². The molecule has 2 aromatic heterocycles. The molecule has 3 nitrogen and oxygen atoms in total. The first-order valence-corrected chi connectivity index (χ1v) is 6.83. The quantitative estimate of drug-likeness (QED) is 0.882. The molecule has 0 radical (unpaired) electrons. The predicted molar refractivity (Wildman–Crippen MR) is 73.8 cm³/mol. The number of hydrogen-bond acceptors (Lipinski definition) is 3. The van der Waals surface area contributed by atoms with Crippen LogP contribution in [-0.4, -0.2) is 33.8 Å². The Morgan fingerprint density at radius 3 is 3.35 bits per heavy atom. The van der Waals surface area contributed by atoms with Gasteiger partial charge in [-0.3, -0.25) is 4.90 Å². The Bertz CT molecular complexity index is 559. The Morgan fingerprint density at radius 1 is 1.59 bits per heavy atom. The van der Waals surface area contributed by atoms with E-state index in [0.29, 0.717) is 0 Å². The summed E-state index contributed by atoms with van der Waals surface area (Å²) in [5, 5.41) is 1.20. The Hall–Kier alpha value is -1.26. The van der Waals surface area contributed by atoms with Crippen LogP contribution in [0.15, 0.2) is 29.4 Å². The molecule has 88 valence electrons. The topological polar surface area (TPSA) is 31.9 Å². The molecule has 0 saturated carbocycles. The van der Waals surface area contributed by atoms with Crippen molar-refractivity contribution in [2.45, 2.75) is 6.92 Å². The summed E-state index contributed by atoms with van der Waals surface area (Å²) in [5.74, 6) is 1.11. The summed E-state index contributed by atoms with van der Waals surface area (Å²) in [6, 6.07) is 4.10. The van der Waals surface area contributed by atoms with E-state index in [1.807, 2.05) is 30.2 Å². The monoisotopic (exact) mass is 245 g/mol. The van der Waals surface area contributed by atoms with Crippen LogP contribution in [0.5, 0.6) is 0 Å². The highest BCUT2D eigenvalue weighted by atomic mass is 32.2. The van der Waals surface area contributed by atoms with Crippen molar-refractivity contribution in [2.75, 3.05) is 19.0 Å². The van der Waals surface area contributed by atoms with Gasteiger partial charge in [-0.1, -0.05) is 6.92 Å². The molecule has 1 N–H and O–H groups in total. The number of nitrogens with zero attached hydrogens (tertiary/aromatic N) is 2. The zero-order chi connectivity index (χ0) is 11.7. The molecule has 1 saturated heterocycles. The van der Waals surface area contributed by atoms with Crippen molar-refractivity contribution >= 4 is 28.9 Å². The van der Waals surface area contributed by atoms with Gasteiger partial charge in [0.15, 0.2) is 0 Å². The molecule has 1 fully saturated rings. The van der Waals surface area contributed by atoms with Gasteiger partial charge in [-0.25, -0.2) is 4.98 Å². The molecular formula is C13H15N3S. The minimum atomic E-state index is 0.967. The highest BCUT2D eigenvalue weighted by Gasteiger charge is 2.15. The van der Waals surface area contributed by atoms with Crippen molar-refractivity contribution in [2.24, 2.45) is 0 Å². The average molecular weight is 245 g/mol. The number of nitrogens with one attached hydrogen (secondary N) is 1. The van der Waals surface area contributed by atoms with E-state index in [1.165, 1.54) is 15.9 Å². The second kappa shape index (κ2) is 4.55. The maximum atomic E-state index is 4.31. The van der Waals surface area contributed by atoms with E-state index in [0.717, 1.165) is 24.6 Å². The molecule has 0 atom stereocenters. The van der Waals surface area contributed by atoms with Crippen LogP contribution in [0.3, 0.4) is 0 Å². The molecule has 0 bridgehead atoms. The number of rotatable bonds is 2. The van der Waals surface area contributed by atoms with Crippen molar-refractivity contribution in [3.8, 4) is 0 Å². The van der Waals surface area contributed by atoms with Crippen LogP contribution in [0.25, 0.3) is 17.1 Å². The molecule has 4 heteroatoms. The standard InChI is InChI=1S/C13H15N3S/c1-2-16-8-11(17-9-16)6-10-7-15-13-12(10)4-3-5-14-13/h3-7H,2,8-9H2,1H3,(H,14,15)/b11-6-. The molecular weight excluding hydrogens is 230 g/mol. The van der Waals surface area contributed by atoms with Crippen LogP contribution < -0.4 is 0 Å². The zero-order valence-corrected chi connectivity index (χ0v) is 10.6. The summed E-state index contributed by atoms with van der Waals surface area (Å²) >= 11 is 1.93. The second-order valence-electron chi connectivity index (χ2n) is 4.17. The van der Waals surface area contributed by atoms with Gasteiger partial charge in [-0.2, -0.15) is 0 Å². The third kappa shape index (κ3) is 2.10. The number of thioether (sulfide) groups is 1. The summed E-state index contributed by atoms with van der Waals surface area (Å²) in [6.07, 6.45) is 6.14. The van der Waals surface area contributed by atoms with Gasteiger partial charge in [-0.05, 0) is 24.8 Å². The van der Waals surface area contributed by atoms with Gasteiger partial charge in [0.1, 0.15) is 5.65 Å². The lowest BCUT2D eigenvalue weighted by Crippen LogP contribution is -2.17. The molecule has 0 unspecified atom stereocenters. The van der Waals surface area contributed by atoms with Crippen molar-refractivity contribution in [1.82, 2.24) is 14.9 Å². The summed E-state index contributed by atoms with van der Waals surface area (Å²) < 4.78 is 0. The second-order valence-corrected chi connectivity index (χ2v) is 5.24. The van der Waals surface area contributed by atoms with Crippen LogP contribution in [-0.2, 0) is 0 Å². The summed E-state index contributed by atoms with van der Waals surface area (Å²) in [5.41, 5.74) is 2.21. The zero-order valence-electron chi connectivity index (χ0n) is 9.81. The van der Waals surface area contributed by atoms with Crippen LogP contribution in [0.1, 0.15) is 12.5 Å². The van der Waals surface area contributed by atoms with E-state index in [-0.39, 0.29) is 0 Å². The molecule has 2 aromatic rings. The minimum absolute atomic E-state index is 0.967. The van der Waals surface area contributed by atoms with Gasteiger partial charge in [0.2, 0.25) is 0 Å². The first kappa shape index (κ1) is 10.9. The fourth-order valence-electron chi connectivity index (χ4n) is 2.05. The lowest BCUT2D eigenvalue weighted by atomic mass is 10.2. The average Bonchev–Trinajstić information content (AvgIpc) is 2.97. The number of pyridine rings is 1. The van der Waals surface area contributed by atoms with E-state index in [9.17, 15) is 0 Å². The van der Waals surface area contributed by atoms with Gasteiger partial charge in [0, 0.05) is 40.7 Å². The molecule has 0 aliphatic carbocycles.